The van der Waals surface area contributed by atoms with Crippen molar-refractivity contribution in [2.24, 2.45) is 0 Å². The summed E-state index contributed by atoms with van der Waals surface area (Å²) in [6.07, 6.45) is 0. The molecule has 86 valence electrons. The lowest BCUT2D eigenvalue weighted by molar-refractivity contribution is -0.392. The van der Waals surface area contributed by atoms with Crippen LogP contribution in [0.15, 0.2) is 0 Å². The van der Waals surface area contributed by atoms with E-state index >= 15 is 0 Å². The first kappa shape index (κ1) is 14.2. The van der Waals surface area contributed by atoms with Crippen LogP contribution in [0, 0.1) is 0 Å². The summed E-state index contributed by atoms with van der Waals surface area (Å²) in [6.45, 7) is 8.60. The Hall–Kier alpha value is 0.160. The summed E-state index contributed by atoms with van der Waals surface area (Å²) in [5.41, 5.74) is -1.43. The second-order valence-corrected chi connectivity index (χ2v) is 7.50. The standard InChI is InChI=1S/C8H17ClO4S/c1-7(2,3)12-13-8(4,5)6-14(9,10)11/h6H2,1-5H3. The molecule has 0 N–H and O–H groups in total. The zero-order valence-corrected chi connectivity index (χ0v) is 10.7. The number of hydrogen-bond donors (Lipinski definition) is 0. The van der Waals surface area contributed by atoms with Gasteiger partial charge in [0, 0.05) is 10.7 Å². The van der Waals surface area contributed by atoms with Gasteiger partial charge in [0.15, 0.2) is 0 Å². The van der Waals surface area contributed by atoms with Crippen LogP contribution in [0.25, 0.3) is 0 Å². The Morgan fingerprint density at radius 3 is 1.79 bits per heavy atom. The highest BCUT2D eigenvalue weighted by atomic mass is 35.7. The Balaban J connectivity index is 4.23. The van der Waals surface area contributed by atoms with Crippen molar-refractivity contribution in [1.82, 2.24) is 0 Å². The Morgan fingerprint density at radius 1 is 1.07 bits per heavy atom. The molecule has 0 amide bonds. The third kappa shape index (κ3) is 8.74. The summed E-state index contributed by atoms with van der Waals surface area (Å²) in [7, 11) is 1.52. The molecule has 0 bridgehead atoms. The van der Waals surface area contributed by atoms with Gasteiger partial charge in [-0.25, -0.2) is 18.2 Å². The number of rotatable bonds is 4. The highest BCUT2D eigenvalue weighted by molar-refractivity contribution is 8.13. The summed E-state index contributed by atoms with van der Waals surface area (Å²) in [5.74, 6) is -0.294. The maximum absolute atomic E-state index is 10.8. The first-order valence-corrected chi connectivity index (χ1v) is 6.68. The van der Waals surface area contributed by atoms with E-state index in [9.17, 15) is 8.42 Å². The van der Waals surface area contributed by atoms with E-state index in [1.54, 1.807) is 34.6 Å². The predicted octanol–water partition coefficient (Wildman–Crippen LogP) is 2.08. The largest absolute Gasteiger partial charge is 0.235 e. The molecule has 0 aromatic heterocycles. The summed E-state index contributed by atoms with van der Waals surface area (Å²) in [4.78, 5) is 10.0. The van der Waals surface area contributed by atoms with Crippen molar-refractivity contribution in [2.45, 2.75) is 45.8 Å². The molecule has 6 heteroatoms. The second-order valence-electron chi connectivity index (χ2n) is 4.72. The smallest absolute Gasteiger partial charge is 0.230 e. The molecule has 0 saturated heterocycles. The van der Waals surface area contributed by atoms with Crippen LogP contribution in [-0.2, 0) is 18.8 Å². The minimum Gasteiger partial charge on any atom is -0.230 e. The molecule has 0 fully saturated rings. The lowest BCUT2D eigenvalue weighted by atomic mass is 10.2. The molecule has 0 saturated carbocycles. The molecule has 0 aliphatic heterocycles. The van der Waals surface area contributed by atoms with Crippen LogP contribution in [-0.4, -0.2) is 25.4 Å². The molecule has 0 heterocycles. The van der Waals surface area contributed by atoms with Crippen molar-refractivity contribution in [1.29, 1.82) is 0 Å². The lowest BCUT2D eigenvalue weighted by Crippen LogP contribution is -2.35. The third-order valence-electron chi connectivity index (χ3n) is 1.04. The summed E-state index contributed by atoms with van der Waals surface area (Å²) in [6, 6.07) is 0. The molecular weight excluding hydrogens is 228 g/mol. The van der Waals surface area contributed by atoms with Crippen molar-refractivity contribution in [2.75, 3.05) is 5.75 Å². The number of halogens is 1. The average Bonchev–Trinajstić information content (AvgIpc) is 1.76. The van der Waals surface area contributed by atoms with Gasteiger partial charge >= 0.3 is 0 Å². The molecule has 0 aliphatic carbocycles. The Kier molecular flexibility index (Phi) is 4.40. The molecule has 0 unspecified atom stereocenters. The van der Waals surface area contributed by atoms with E-state index in [1.165, 1.54) is 0 Å². The molecule has 0 rings (SSSR count). The first-order valence-electron chi connectivity index (χ1n) is 4.20. The quantitative estimate of drug-likeness (QED) is 0.432. The normalized spacial score (nSPS) is 14.4. The summed E-state index contributed by atoms with van der Waals surface area (Å²) < 4.78 is 21.6. The molecular formula is C8H17ClO4S. The fraction of sp³-hybridized carbons (Fsp3) is 1.00. The fourth-order valence-electron chi connectivity index (χ4n) is 0.677. The van der Waals surface area contributed by atoms with Gasteiger partial charge in [-0.15, -0.1) is 0 Å². The van der Waals surface area contributed by atoms with Crippen LogP contribution in [0.2, 0.25) is 0 Å². The van der Waals surface area contributed by atoms with E-state index < -0.39 is 20.3 Å². The van der Waals surface area contributed by atoms with Crippen molar-refractivity contribution in [3.05, 3.63) is 0 Å². The van der Waals surface area contributed by atoms with E-state index in [4.69, 9.17) is 20.5 Å². The molecule has 4 nitrogen and oxygen atoms in total. The Morgan fingerprint density at radius 2 is 1.50 bits per heavy atom. The monoisotopic (exact) mass is 244 g/mol. The Labute approximate surface area is 89.9 Å². The van der Waals surface area contributed by atoms with Crippen molar-refractivity contribution in [3.8, 4) is 0 Å². The zero-order valence-electron chi connectivity index (χ0n) is 9.13. The SMILES string of the molecule is CC(C)(C)OOC(C)(C)CS(=O)(=O)Cl. The fourth-order valence-corrected chi connectivity index (χ4v) is 2.34. The second kappa shape index (κ2) is 4.35. The maximum Gasteiger partial charge on any atom is 0.235 e. The van der Waals surface area contributed by atoms with E-state index in [-0.39, 0.29) is 5.75 Å². The van der Waals surface area contributed by atoms with Gasteiger partial charge in [0.2, 0.25) is 9.05 Å². The topological polar surface area (TPSA) is 52.6 Å². The van der Waals surface area contributed by atoms with Crippen LogP contribution in [0.1, 0.15) is 34.6 Å². The molecule has 0 aromatic carbocycles. The summed E-state index contributed by atoms with van der Waals surface area (Å²) in [5, 5.41) is 0. The van der Waals surface area contributed by atoms with Gasteiger partial charge in [0.1, 0.15) is 5.60 Å². The summed E-state index contributed by atoms with van der Waals surface area (Å²) >= 11 is 0. The average molecular weight is 245 g/mol. The molecule has 0 aromatic rings. The molecule has 0 aliphatic rings. The highest BCUT2D eigenvalue weighted by Gasteiger charge is 2.29. The van der Waals surface area contributed by atoms with Gasteiger partial charge in [-0.2, -0.15) is 0 Å². The van der Waals surface area contributed by atoms with Gasteiger partial charge in [-0.05, 0) is 34.6 Å². The van der Waals surface area contributed by atoms with Crippen LogP contribution in [0.5, 0.6) is 0 Å². The molecule has 0 atom stereocenters. The predicted molar refractivity (Wildman–Crippen MR) is 55.6 cm³/mol. The van der Waals surface area contributed by atoms with Gasteiger partial charge in [-0.3, -0.25) is 0 Å². The van der Waals surface area contributed by atoms with Crippen molar-refractivity contribution in [3.63, 3.8) is 0 Å². The number of hydrogen-bond acceptors (Lipinski definition) is 4. The van der Waals surface area contributed by atoms with E-state index in [0.717, 1.165) is 0 Å². The molecule has 0 spiro atoms. The minimum atomic E-state index is -3.58. The van der Waals surface area contributed by atoms with Crippen LogP contribution >= 0.6 is 10.7 Å². The molecule has 0 radical (unpaired) electrons. The van der Waals surface area contributed by atoms with Crippen molar-refractivity contribution < 1.29 is 18.2 Å². The zero-order chi connectivity index (χ0) is 11.6. The van der Waals surface area contributed by atoms with Gasteiger partial charge in [-0.1, -0.05) is 0 Å². The van der Waals surface area contributed by atoms with Crippen LogP contribution in [0.4, 0.5) is 0 Å². The first-order chi connectivity index (χ1) is 5.91. The highest BCUT2D eigenvalue weighted by Crippen LogP contribution is 2.19. The van der Waals surface area contributed by atoms with Gasteiger partial charge < -0.3 is 0 Å². The molecule has 14 heavy (non-hydrogen) atoms. The van der Waals surface area contributed by atoms with Gasteiger partial charge in [0.05, 0.1) is 11.4 Å². The van der Waals surface area contributed by atoms with E-state index in [0.29, 0.717) is 0 Å². The Bertz CT molecular complexity index is 276. The third-order valence-corrected chi connectivity index (χ3v) is 2.40. The van der Waals surface area contributed by atoms with Crippen LogP contribution in [0.3, 0.4) is 0 Å². The van der Waals surface area contributed by atoms with Crippen LogP contribution < -0.4 is 0 Å². The van der Waals surface area contributed by atoms with Gasteiger partial charge in [0.25, 0.3) is 0 Å². The van der Waals surface area contributed by atoms with E-state index in [1.807, 2.05) is 0 Å². The van der Waals surface area contributed by atoms with Crippen molar-refractivity contribution >= 4 is 19.7 Å². The minimum absolute atomic E-state index is 0.294. The van der Waals surface area contributed by atoms with E-state index in [2.05, 4.69) is 0 Å². The lowest BCUT2D eigenvalue weighted by Gasteiger charge is -2.27. The maximum atomic E-state index is 10.8.